The maximum absolute atomic E-state index is 12.8. The number of rotatable bonds is 7. The van der Waals surface area contributed by atoms with Crippen LogP contribution < -0.4 is 5.32 Å². The van der Waals surface area contributed by atoms with Crippen LogP contribution in [0, 0.1) is 29.6 Å². The minimum absolute atomic E-state index is 0.0350. The molecule has 2 unspecified atom stereocenters. The Morgan fingerprint density at radius 1 is 1.10 bits per heavy atom. The average Bonchev–Trinajstić information content (AvgIpc) is 3.27. The summed E-state index contributed by atoms with van der Waals surface area (Å²) in [6, 6.07) is 0.0350. The molecule has 0 radical (unpaired) electrons. The van der Waals surface area contributed by atoms with E-state index in [0.29, 0.717) is 17.7 Å². The van der Waals surface area contributed by atoms with E-state index >= 15 is 0 Å². The molecule has 0 aromatic carbocycles. The molecule has 2 saturated carbocycles. The first-order valence-electron chi connectivity index (χ1n) is 9.04. The second-order valence-electron chi connectivity index (χ2n) is 8.36. The molecule has 3 rings (SSSR count). The van der Waals surface area contributed by atoms with Gasteiger partial charge in [-0.2, -0.15) is 0 Å². The van der Waals surface area contributed by atoms with E-state index in [9.17, 15) is 4.79 Å². The van der Waals surface area contributed by atoms with Crippen LogP contribution in [0.4, 0.5) is 0 Å². The van der Waals surface area contributed by atoms with Gasteiger partial charge in [0.2, 0.25) is 5.91 Å². The van der Waals surface area contributed by atoms with Crippen molar-refractivity contribution >= 4 is 5.91 Å². The molecule has 1 aliphatic heterocycles. The highest BCUT2D eigenvalue weighted by Gasteiger charge is 2.46. The van der Waals surface area contributed by atoms with E-state index in [-0.39, 0.29) is 12.2 Å². The summed E-state index contributed by atoms with van der Waals surface area (Å²) in [4.78, 5) is 15.0. The van der Waals surface area contributed by atoms with Crippen molar-refractivity contribution in [2.75, 3.05) is 6.54 Å². The summed E-state index contributed by atoms with van der Waals surface area (Å²) in [6.07, 6.45) is 6.96. The molecule has 3 nitrogen and oxygen atoms in total. The van der Waals surface area contributed by atoms with E-state index in [4.69, 9.17) is 0 Å². The Labute approximate surface area is 129 Å². The number of nitrogens with zero attached hydrogens (tertiary/aromatic N) is 1. The molecule has 2 aliphatic carbocycles. The summed E-state index contributed by atoms with van der Waals surface area (Å²) in [5.74, 6) is 4.01. The third-order valence-electron chi connectivity index (χ3n) is 5.52. The molecular weight excluding hydrogens is 260 g/mol. The fourth-order valence-corrected chi connectivity index (χ4v) is 4.00. The number of carbonyl (C=O) groups is 1. The van der Waals surface area contributed by atoms with Crippen molar-refractivity contribution in [2.24, 2.45) is 29.6 Å². The minimum Gasteiger partial charge on any atom is -0.325 e. The smallest absolute Gasteiger partial charge is 0.241 e. The van der Waals surface area contributed by atoms with E-state index in [0.717, 1.165) is 30.7 Å². The Morgan fingerprint density at radius 3 is 2.10 bits per heavy atom. The van der Waals surface area contributed by atoms with Crippen molar-refractivity contribution in [3.63, 3.8) is 0 Å². The molecule has 0 aromatic rings. The molecule has 1 N–H and O–H groups in total. The van der Waals surface area contributed by atoms with Crippen LogP contribution in [0.3, 0.4) is 0 Å². The standard InChI is InChI=1S/C18H32N2O/c1-11(2)9-16-19-17(12(3)4)18(21)20(16)10-15(13-5-6-13)14-7-8-14/h11-17,19H,5-10H2,1-4H3. The van der Waals surface area contributed by atoms with Crippen molar-refractivity contribution in [1.82, 2.24) is 10.2 Å². The van der Waals surface area contributed by atoms with E-state index in [1.54, 1.807) is 0 Å². The number of amides is 1. The Morgan fingerprint density at radius 2 is 1.67 bits per heavy atom. The lowest BCUT2D eigenvalue weighted by atomic mass is 9.96. The van der Waals surface area contributed by atoms with E-state index in [1.165, 1.54) is 25.7 Å². The van der Waals surface area contributed by atoms with Gasteiger partial charge in [-0.15, -0.1) is 0 Å². The molecule has 1 heterocycles. The fraction of sp³-hybridized carbons (Fsp3) is 0.944. The second kappa shape index (κ2) is 5.91. The zero-order chi connectivity index (χ0) is 15.1. The quantitative estimate of drug-likeness (QED) is 0.781. The molecule has 1 saturated heterocycles. The predicted molar refractivity (Wildman–Crippen MR) is 85.7 cm³/mol. The molecule has 3 fully saturated rings. The maximum Gasteiger partial charge on any atom is 0.241 e. The van der Waals surface area contributed by atoms with Crippen LogP contribution in [0.1, 0.15) is 59.8 Å². The van der Waals surface area contributed by atoms with Gasteiger partial charge < -0.3 is 4.90 Å². The van der Waals surface area contributed by atoms with Crippen LogP contribution in [0.5, 0.6) is 0 Å². The molecule has 120 valence electrons. The third-order valence-corrected chi connectivity index (χ3v) is 5.52. The Kier molecular flexibility index (Phi) is 4.31. The molecule has 21 heavy (non-hydrogen) atoms. The molecule has 0 bridgehead atoms. The SMILES string of the molecule is CC(C)CC1NC(C(C)C)C(=O)N1CC(C1CC1)C1CC1. The number of hydrogen-bond donors (Lipinski definition) is 1. The first kappa shape index (κ1) is 15.3. The summed E-state index contributed by atoms with van der Waals surface area (Å²) in [5.41, 5.74) is 0. The first-order chi connectivity index (χ1) is 9.97. The summed E-state index contributed by atoms with van der Waals surface area (Å²) in [7, 11) is 0. The fourth-order valence-electron chi connectivity index (χ4n) is 4.00. The lowest BCUT2D eigenvalue weighted by Crippen LogP contribution is -2.42. The van der Waals surface area contributed by atoms with Crippen molar-refractivity contribution in [1.29, 1.82) is 0 Å². The van der Waals surface area contributed by atoms with Crippen LogP contribution in [-0.4, -0.2) is 29.6 Å². The maximum atomic E-state index is 12.8. The summed E-state index contributed by atoms with van der Waals surface area (Å²) >= 11 is 0. The highest BCUT2D eigenvalue weighted by Crippen LogP contribution is 2.49. The van der Waals surface area contributed by atoms with Gasteiger partial charge in [-0.3, -0.25) is 10.1 Å². The molecular formula is C18H32N2O. The van der Waals surface area contributed by atoms with E-state index in [1.807, 2.05) is 0 Å². The number of nitrogens with one attached hydrogen (secondary N) is 1. The van der Waals surface area contributed by atoms with Gasteiger partial charge in [0.05, 0.1) is 12.2 Å². The lowest BCUT2D eigenvalue weighted by molar-refractivity contribution is -0.131. The monoisotopic (exact) mass is 292 g/mol. The highest BCUT2D eigenvalue weighted by atomic mass is 16.2. The van der Waals surface area contributed by atoms with Gasteiger partial charge in [-0.25, -0.2) is 0 Å². The zero-order valence-corrected chi connectivity index (χ0v) is 14.1. The molecule has 1 amide bonds. The van der Waals surface area contributed by atoms with Crippen molar-refractivity contribution < 1.29 is 4.79 Å². The van der Waals surface area contributed by atoms with Crippen LogP contribution in [0.15, 0.2) is 0 Å². The van der Waals surface area contributed by atoms with E-state index in [2.05, 4.69) is 37.9 Å². The largest absolute Gasteiger partial charge is 0.325 e. The van der Waals surface area contributed by atoms with Crippen LogP contribution in [0.2, 0.25) is 0 Å². The van der Waals surface area contributed by atoms with Gasteiger partial charge >= 0.3 is 0 Å². The molecule has 0 aromatic heterocycles. The Bertz CT molecular complexity index is 373. The summed E-state index contributed by atoms with van der Waals surface area (Å²) < 4.78 is 0. The van der Waals surface area contributed by atoms with Crippen molar-refractivity contribution in [3.8, 4) is 0 Å². The van der Waals surface area contributed by atoms with Crippen molar-refractivity contribution in [3.05, 3.63) is 0 Å². The van der Waals surface area contributed by atoms with Crippen molar-refractivity contribution in [2.45, 2.75) is 72.0 Å². The summed E-state index contributed by atoms with van der Waals surface area (Å²) in [5, 5.41) is 3.62. The topological polar surface area (TPSA) is 32.3 Å². The molecule has 2 atom stereocenters. The van der Waals surface area contributed by atoms with Gasteiger partial charge in [0.1, 0.15) is 0 Å². The number of carbonyl (C=O) groups excluding carboxylic acids is 1. The predicted octanol–water partition coefficient (Wildman–Crippen LogP) is 3.25. The molecule has 0 spiro atoms. The third kappa shape index (κ3) is 3.44. The normalized spacial score (nSPS) is 30.2. The molecule has 3 heteroatoms. The van der Waals surface area contributed by atoms with Gasteiger partial charge in [-0.1, -0.05) is 27.7 Å². The van der Waals surface area contributed by atoms with Gasteiger partial charge in [0.25, 0.3) is 0 Å². The first-order valence-corrected chi connectivity index (χ1v) is 9.04. The lowest BCUT2D eigenvalue weighted by Gasteiger charge is -2.30. The van der Waals surface area contributed by atoms with Gasteiger partial charge in [-0.05, 0) is 61.7 Å². The van der Waals surface area contributed by atoms with Crippen LogP contribution >= 0.6 is 0 Å². The van der Waals surface area contributed by atoms with Gasteiger partial charge in [0, 0.05) is 6.54 Å². The average molecular weight is 292 g/mol. The molecule has 3 aliphatic rings. The van der Waals surface area contributed by atoms with Crippen LogP contribution in [-0.2, 0) is 4.79 Å². The van der Waals surface area contributed by atoms with Gasteiger partial charge in [0.15, 0.2) is 0 Å². The van der Waals surface area contributed by atoms with Crippen LogP contribution in [0.25, 0.3) is 0 Å². The Balaban J connectivity index is 1.70. The zero-order valence-electron chi connectivity index (χ0n) is 14.1. The minimum atomic E-state index is 0.0350. The second-order valence-corrected chi connectivity index (χ2v) is 8.36. The number of hydrogen-bond acceptors (Lipinski definition) is 2. The summed E-state index contributed by atoms with van der Waals surface area (Å²) in [6.45, 7) is 9.84. The highest BCUT2D eigenvalue weighted by molar-refractivity contribution is 5.84. The van der Waals surface area contributed by atoms with E-state index < -0.39 is 0 Å². The Hall–Kier alpha value is -0.570.